The maximum Gasteiger partial charge on any atom is 0.273 e. The number of carbonyl (C=O) groups is 1. The molecular formula is C22H30N4O2. The lowest BCUT2D eigenvalue weighted by Crippen LogP contribution is -2.22. The molecule has 6 heteroatoms. The highest BCUT2D eigenvalue weighted by Crippen LogP contribution is 2.28. The van der Waals surface area contributed by atoms with Gasteiger partial charge in [0.25, 0.3) is 5.91 Å². The van der Waals surface area contributed by atoms with Gasteiger partial charge in [-0.3, -0.25) is 14.8 Å². The summed E-state index contributed by atoms with van der Waals surface area (Å²) in [5.74, 6) is 1.34. The fraction of sp³-hybridized carbons (Fsp3) is 0.545. The average Bonchev–Trinajstić information content (AvgIpc) is 3.44. The molecular weight excluding hydrogens is 352 g/mol. The summed E-state index contributed by atoms with van der Waals surface area (Å²) >= 11 is 0. The molecule has 1 amide bonds. The van der Waals surface area contributed by atoms with Crippen molar-refractivity contribution in [1.29, 1.82) is 0 Å². The van der Waals surface area contributed by atoms with Crippen molar-refractivity contribution in [1.82, 2.24) is 20.0 Å². The molecule has 0 bridgehead atoms. The van der Waals surface area contributed by atoms with Gasteiger partial charge < -0.3 is 9.64 Å². The van der Waals surface area contributed by atoms with Crippen LogP contribution in [-0.4, -0.2) is 59.2 Å². The molecule has 0 unspecified atom stereocenters. The quantitative estimate of drug-likeness (QED) is 0.832. The van der Waals surface area contributed by atoms with E-state index in [1.165, 1.54) is 31.2 Å². The molecule has 6 nitrogen and oxygen atoms in total. The lowest BCUT2D eigenvalue weighted by Gasteiger charge is -2.17. The Bertz CT molecular complexity index is 793. The second-order valence-corrected chi connectivity index (χ2v) is 8.30. The maximum atomic E-state index is 12.0. The molecule has 4 rings (SSSR count). The third-order valence-electron chi connectivity index (χ3n) is 5.87. The Balaban J connectivity index is 1.30. The largest absolute Gasteiger partial charge is 0.490 e. The summed E-state index contributed by atoms with van der Waals surface area (Å²) in [7, 11) is 3.50. The van der Waals surface area contributed by atoms with Crippen molar-refractivity contribution in [3.05, 3.63) is 47.3 Å². The fourth-order valence-electron chi connectivity index (χ4n) is 4.24. The first-order valence-electron chi connectivity index (χ1n) is 10.3. The molecule has 28 heavy (non-hydrogen) atoms. The number of carbonyl (C=O) groups excluding carboxylic acids is 1. The molecule has 1 atom stereocenters. The van der Waals surface area contributed by atoms with Gasteiger partial charge in [-0.15, -0.1) is 0 Å². The van der Waals surface area contributed by atoms with E-state index in [2.05, 4.69) is 39.4 Å². The van der Waals surface area contributed by atoms with Crippen LogP contribution in [0.5, 0.6) is 5.75 Å². The Morgan fingerprint density at radius 2 is 1.96 bits per heavy atom. The lowest BCUT2D eigenvalue weighted by molar-refractivity contribution is 0.0822. The van der Waals surface area contributed by atoms with E-state index in [4.69, 9.17) is 4.74 Å². The van der Waals surface area contributed by atoms with Crippen molar-refractivity contribution in [3.63, 3.8) is 0 Å². The van der Waals surface area contributed by atoms with Gasteiger partial charge in [-0.05, 0) is 62.4 Å². The SMILES string of the molecule is CN(C)C(=O)c1cc([C@@H]2CCN(Cc3ccc(OC4CCCC4)cc3)C2)[nH]n1. The molecule has 0 spiro atoms. The Morgan fingerprint density at radius 3 is 2.68 bits per heavy atom. The predicted octanol–water partition coefficient (Wildman–Crippen LogP) is 3.42. The van der Waals surface area contributed by atoms with E-state index in [0.29, 0.717) is 17.7 Å². The van der Waals surface area contributed by atoms with Gasteiger partial charge in [0.15, 0.2) is 0 Å². The van der Waals surface area contributed by atoms with Gasteiger partial charge in [-0.1, -0.05) is 12.1 Å². The van der Waals surface area contributed by atoms with Gasteiger partial charge in [0.1, 0.15) is 11.4 Å². The Labute approximate surface area is 166 Å². The zero-order valence-electron chi connectivity index (χ0n) is 16.9. The number of aromatic amines is 1. The van der Waals surface area contributed by atoms with Crippen LogP contribution in [0, 0.1) is 0 Å². The third kappa shape index (κ3) is 4.38. The Morgan fingerprint density at radius 1 is 1.21 bits per heavy atom. The highest BCUT2D eigenvalue weighted by molar-refractivity contribution is 5.92. The van der Waals surface area contributed by atoms with Crippen LogP contribution >= 0.6 is 0 Å². The number of ether oxygens (including phenoxy) is 1. The van der Waals surface area contributed by atoms with E-state index < -0.39 is 0 Å². The second-order valence-electron chi connectivity index (χ2n) is 8.30. The summed E-state index contributed by atoms with van der Waals surface area (Å²) in [4.78, 5) is 16.1. The van der Waals surface area contributed by atoms with Crippen LogP contribution in [0.25, 0.3) is 0 Å². The zero-order chi connectivity index (χ0) is 19.5. The predicted molar refractivity (Wildman–Crippen MR) is 109 cm³/mol. The van der Waals surface area contributed by atoms with Crippen molar-refractivity contribution < 1.29 is 9.53 Å². The molecule has 0 radical (unpaired) electrons. The van der Waals surface area contributed by atoms with E-state index in [0.717, 1.165) is 37.5 Å². The van der Waals surface area contributed by atoms with Crippen LogP contribution in [0.1, 0.15) is 59.8 Å². The number of likely N-dealkylation sites (tertiary alicyclic amines) is 1. The zero-order valence-corrected chi connectivity index (χ0v) is 16.9. The third-order valence-corrected chi connectivity index (χ3v) is 5.87. The summed E-state index contributed by atoms with van der Waals surface area (Å²) in [5.41, 5.74) is 2.87. The van der Waals surface area contributed by atoms with E-state index in [1.807, 2.05) is 6.07 Å². The molecule has 150 valence electrons. The number of H-pyrrole nitrogens is 1. The Hall–Kier alpha value is -2.34. The van der Waals surface area contributed by atoms with E-state index in [9.17, 15) is 4.79 Å². The number of nitrogens with zero attached hydrogens (tertiary/aromatic N) is 3. The number of rotatable bonds is 6. The molecule has 1 saturated carbocycles. The van der Waals surface area contributed by atoms with Crippen molar-refractivity contribution in [2.45, 2.75) is 50.7 Å². The highest BCUT2D eigenvalue weighted by Gasteiger charge is 2.26. The normalized spacial score (nSPS) is 20.6. The molecule has 1 saturated heterocycles. The summed E-state index contributed by atoms with van der Waals surface area (Å²) in [6, 6.07) is 10.5. The monoisotopic (exact) mass is 382 g/mol. The van der Waals surface area contributed by atoms with Crippen molar-refractivity contribution >= 4 is 5.91 Å². The second kappa shape index (κ2) is 8.35. The molecule has 2 aliphatic rings. The number of hydrogen-bond donors (Lipinski definition) is 1. The minimum Gasteiger partial charge on any atom is -0.490 e. The first-order valence-corrected chi connectivity index (χ1v) is 10.3. The molecule has 2 heterocycles. The standard InChI is InChI=1S/C22H30N4O2/c1-25(2)22(27)21-13-20(23-24-21)17-11-12-26(15-17)14-16-7-9-19(10-8-16)28-18-5-3-4-6-18/h7-10,13,17-18H,3-6,11-12,14-15H2,1-2H3,(H,23,24)/t17-/m1/s1. The first kappa shape index (κ1) is 19.0. The van der Waals surface area contributed by atoms with E-state index in [-0.39, 0.29) is 5.91 Å². The summed E-state index contributed by atoms with van der Waals surface area (Å²) in [5, 5.41) is 7.26. The first-order chi connectivity index (χ1) is 13.6. The number of hydrogen-bond acceptors (Lipinski definition) is 4. The Kier molecular flexibility index (Phi) is 5.67. The lowest BCUT2D eigenvalue weighted by atomic mass is 10.0. The van der Waals surface area contributed by atoms with Crippen molar-refractivity contribution in [3.8, 4) is 5.75 Å². The van der Waals surface area contributed by atoms with Crippen molar-refractivity contribution in [2.24, 2.45) is 0 Å². The van der Waals surface area contributed by atoms with E-state index in [1.54, 1.807) is 19.0 Å². The van der Waals surface area contributed by atoms with Crippen LogP contribution in [0.2, 0.25) is 0 Å². The number of amides is 1. The molecule has 2 fully saturated rings. The summed E-state index contributed by atoms with van der Waals surface area (Å²) in [6.07, 6.45) is 6.45. The van der Waals surface area contributed by atoms with Crippen LogP contribution in [0.4, 0.5) is 0 Å². The van der Waals surface area contributed by atoms with Crippen molar-refractivity contribution in [2.75, 3.05) is 27.2 Å². The minimum absolute atomic E-state index is 0.0581. The average molecular weight is 383 g/mol. The van der Waals surface area contributed by atoms with E-state index >= 15 is 0 Å². The molecule has 1 N–H and O–H groups in total. The van der Waals surface area contributed by atoms with Gasteiger partial charge in [-0.2, -0.15) is 5.10 Å². The number of aromatic nitrogens is 2. The van der Waals surface area contributed by atoms with Gasteiger partial charge >= 0.3 is 0 Å². The molecule has 1 aromatic heterocycles. The molecule has 1 aliphatic carbocycles. The van der Waals surface area contributed by atoms with Gasteiger partial charge in [0.05, 0.1) is 6.10 Å². The highest BCUT2D eigenvalue weighted by atomic mass is 16.5. The summed E-state index contributed by atoms with van der Waals surface area (Å²) in [6.45, 7) is 2.98. The van der Waals surface area contributed by atoms with Crippen LogP contribution in [0.15, 0.2) is 30.3 Å². The molecule has 1 aliphatic heterocycles. The van der Waals surface area contributed by atoms with Crippen LogP contribution in [-0.2, 0) is 6.54 Å². The van der Waals surface area contributed by atoms with Crippen LogP contribution in [0.3, 0.4) is 0 Å². The van der Waals surface area contributed by atoms with Gasteiger partial charge in [-0.25, -0.2) is 0 Å². The fourth-order valence-corrected chi connectivity index (χ4v) is 4.24. The smallest absolute Gasteiger partial charge is 0.273 e. The number of benzene rings is 1. The maximum absolute atomic E-state index is 12.0. The van der Waals surface area contributed by atoms with Gasteiger partial charge in [0, 0.05) is 38.8 Å². The molecule has 2 aromatic rings. The topological polar surface area (TPSA) is 61.5 Å². The van der Waals surface area contributed by atoms with Gasteiger partial charge in [0.2, 0.25) is 0 Å². The summed E-state index contributed by atoms with van der Waals surface area (Å²) < 4.78 is 6.06. The van der Waals surface area contributed by atoms with Crippen LogP contribution < -0.4 is 4.74 Å². The molecule has 1 aromatic carbocycles. The number of nitrogens with one attached hydrogen (secondary N) is 1. The minimum atomic E-state index is -0.0581.